The second-order valence-corrected chi connectivity index (χ2v) is 10.3. The van der Waals surface area contributed by atoms with Crippen LogP contribution in [0.25, 0.3) is 0 Å². The number of rotatable bonds is 18. The molecule has 2 aliphatic rings. The minimum Gasteiger partial charge on any atom is -0.347 e. The molecule has 2 aliphatic heterocycles. The zero-order valence-electron chi connectivity index (χ0n) is 21.3. The molecule has 184 valence electrons. The molecular weight excluding hydrogens is 384 g/mol. The summed E-state index contributed by atoms with van der Waals surface area (Å²) in [5, 5.41) is 0. The van der Waals surface area contributed by atoms with E-state index in [0.717, 1.165) is 26.0 Å². The molecule has 0 aliphatic carbocycles. The molecule has 0 aromatic rings. The molecule has 0 radical (unpaired) electrons. The normalized spacial score (nSPS) is 22.4. The monoisotopic (exact) mass is 438 g/mol. The van der Waals surface area contributed by atoms with E-state index in [1.54, 1.807) is 0 Å². The maximum Gasteiger partial charge on any atom is 0.168 e. The lowest BCUT2D eigenvalue weighted by atomic mass is 9.99. The maximum absolute atomic E-state index is 6.69. The fourth-order valence-electron chi connectivity index (χ4n) is 5.12. The van der Waals surface area contributed by atoms with E-state index in [0.29, 0.717) is 0 Å². The molecule has 31 heavy (non-hydrogen) atoms. The highest BCUT2D eigenvalue weighted by molar-refractivity contribution is 4.83. The number of ether oxygens (including phenoxy) is 2. The predicted molar refractivity (Wildman–Crippen MR) is 133 cm³/mol. The molecule has 2 heterocycles. The minimum absolute atomic E-state index is 0.262. The Bertz CT molecular complexity index is 405. The summed E-state index contributed by atoms with van der Waals surface area (Å²) in [6, 6.07) is 0. The number of likely N-dealkylation sites (N-methyl/N-ethyl adjacent to an activating group) is 1. The number of nitrogens with zero attached hydrogens (tertiary/aromatic N) is 2. The van der Waals surface area contributed by atoms with Crippen LogP contribution in [0.2, 0.25) is 0 Å². The van der Waals surface area contributed by atoms with Gasteiger partial charge in [-0.1, -0.05) is 90.9 Å². The highest BCUT2D eigenvalue weighted by Crippen LogP contribution is 2.35. The summed E-state index contributed by atoms with van der Waals surface area (Å²) in [6.07, 6.45) is 21.4. The van der Waals surface area contributed by atoms with Crippen LogP contribution in [0, 0.1) is 0 Å². The number of hydrogen-bond acceptors (Lipinski definition) is 4. The Morgan fingerprint density at radius 1 is 0.677 bits per heavy atom. The largest absolute Gasteiger partial charge is 0.347 e. The van der Waals surface area contributed by atoms with Gasteiger partial charge in [0.05, 0.1) is 12.7 Å². The van der Waals surface area contributed by atoms with Gasteiger partial charge in [-0.05, 0) is 19.9 Å². The summed E-state index contributed by atoms with van der Waals surface area (Å²) in [6.45, 7) is 11.1. The van der Waals surface area contributed by atoms with E-state index in [2.05, 4.69) is 30.7 Å². The SMILES string of the molecule is CCCCCCCCCC1(CCCCCCCCC)OCC(CN2CCN(C)CC2)O1. The van der Waals surface area contributed by atoms with Gasteiger partial charge in [0.25, 0.3) is 0 Å². The summed E-state index contributed by atoms with van der Waals surface area (Å²) >= 11 is 0. The smallest absolute Gasteiger partial charge is 0.168 e. The van der Waals surface area contributed by atoms with Crippen LogP contribution in [0.5, 0.6) is 0 Å². The average molecular weight is 439 g/mol. The van der Waals surface area contributed by atoms with Crippen molar-refractivity contribution in [3.63, 3.8) is 0 Å². The van der Waals surface area contributed by atoms with Crippen LogP contribution in [0.4, 0.5) is 0 Å². The average Bonchev–Trinajstić information content (AvgIpc) is 3.17. The van der Waals surface area contributed by atoms with E-state index in [-0.39, 0.29) is 11.9 Å². The Kier molecular flexibility index (Phi) is 14.4. The minimum atomic E-state index is -0.288. The highest BCUT2D eigenvalue weighted by Gasteiger charge is 2.41. The van der Waals surface area contributed by atoms with E-state index < -0.39 is 0 Å². The fourth-order valence-corrected chi connectivity index (χ4v) is 5.12. The molecule has 0 saturated carbocycles. The number of hydrogen-bond donors (Lipinski definition) is 0. The van der Waals surface area contributed by atoms with Crippen molar-refractivity contribution < 1.29 is 9.47 Å². The van der Waals surface area contributed by atoms with Crippen molar-refractivity contribution in [3.8, 4) is 0 Å². The predicted octanol–water partition coefficient (Wildman–Crippen LogP) is 6.63. The van der Waals surface area contributed by atoms with Gasteiger partial charge < -0.3 is 14.4 Å². The van der Waals surface area contributed by atoms with E-state index in [1.165, 1.54) is 116 Å². The first-order chi connectivity index (χ1) is 15.2. The van der Waals surface area contributed by atoms with Crippen LogP contribution in [-0.4, -0.2) is 68.1 Å². The van der Waals surface area contributed by atoms with Gasteiger partial charge in [0.2, 0.25) is 0 Å². The summed E-state index contributed by atoms with van der Waals surface area (Å²) in [5.41, 5.74) is 0. The Balaban J connectivity index is 1.71. The molecule has 0 N–H and O–H groups in total. The molecular formula is C27H54N2O2. The van der Waals surface area contributed by atoms with Crippen molar-refractivity contribution in [2.45, 2.75) is 128 Å². The van der Waals surface area contributed by atoms with Crippen LogP contribution in [0.3, 0.4) is 0 Å². The highest BCUT2D eigenvalue weighted by atomic mass is 16.7. The first kappa shape index (κ1) is 27.1. The van der Waals surface area contributed by atoms with Gasteiger partial charge in [-0.3, -0.25) is 4.90 Å². The lowest BCUT2D eigenvalue weighted by Gasteiger charge is -2.34. The fraction of sp³-hybridized carbons (Fsp3) is 1.00. The van der Waals surface area contributed by atoms with Crippen molar-refractivity contribution >= 4 is 0 Å². The molecule has 0 amide bonds. The first-order valence-corrected chi connectivity index (χ1v) is 13.9. The third-order valence-electron chi connectivity index (χ3n) is 7.29. The van der Waals surface area contributed by atoms with E-state index in [1.807, 2.05) is 0 Å². The Hall–Kier alpha value is -0.160. The summed E-state index contributed by atoms with van der Waals surface area (Å²) in [5.74, 6) is -0.288. The molecule has 0 spiro atoms. The van der Waals surface area contributed by atoms with E-state index in [9.17, 15) is 0 Å². The Morgan fingerprint density at radius 3 is 1.68 bits per heavy atom. The van der Waals surface area contributed by atoms with Crippen molar-refractivity contribution in [3.05, 3.63) is 0 Å². The molecule has 1 unspecified atom stereocenters. The maximum atomic E-state index is 6.69. The molecule has 0 aromatic carbocycles. The zero-order valence-corrected chi connectivity index (χ0v) is 21.3. The van der Waals surface area contributed by atoms with E-state index in [4.69, 9.17) is 9.47 Å². The van der Waals surface area contributed by atoms with Crippen LogP contribution >= 0.6 is 0 Å². The van der Waals surface area contributed by atoms with Crippen molar-refractivity contribution in [1.29, 1.82) is 0 Å². The zero-order chi connectivity index (χ0) is 22.2. The third-order valence-corrected chi connectivity index (χ3v) is 7.29. The first-order valence-electron chi connectivity index (χ1n) is 13.9. The summed E-state index contributed by atoms with van der Waals surface area (Å²) in [7, 11) is 2.22. The van der Waals surface area contributed by atoms with Crippen LogP contribution in [0.15, 0.2) is 0 Å². The Labute approximate surface area is 194 Å². The lowest BCUT2D eigenvalue weighted by Crippen LogP contribution is -2.47. The molecule has 4 heteroatoms. The molecule has 2 fully saturated rings. The van der Waals surface area contributed by atoms with Crippen LogP contribution in [0.1, 0.15) is 117 Å². The topological polar surface area (TPSA) is 24.9 Å². The van der Waals surface area contributed by atoms with Crippen molar-refractivity contribution in [2.24, 2.45) is 0 Å². The van der Waals surface area contributed by atoms with Crippen molar-refractivity contribution in [2.75, 3.05) is 46.4 Å². The van der Waals surface area contributed by atoms with Gasteiger partial charge >= 0.3 is 0 Å². The quantitative estimate of drug-likeness (QED) is 0.224. The molecule has 4 nitrogen and oxygen atoms in total. The summed E-state index contributed by atoms with van der Waals surface area (Å²) < 4.78 is 13.1. The second-order valence-electron chi connectivity index (χ2n) is 10.3. The van der Waals surface area contributed by atoms with Gasteiger partial charge in [0, 0.05) is 45.6 Å². The van der Waals surface area contributed by atoms with Gasteiger partial charge in [0.15, 0.2) is 5.79 Å². The van der Waals surface area contributed by atoms with E-state index >= 15 is 0 Å². The Morgan fingerprint density at radius 2 is 1.16 bits per heavy atom. The van der Waals surface area contributed by atoms with Crippen LogP contribution in [-0.2, 0) is 9.47 Å². The molecule has 0 bridgehead atoms. The standard InChI is InChI=1S/C27H54N2O2/c1-4-6-8-10-12-14-16-18-27(19-17-15-13-11-9-7-5-2)30-25-26(31-27)24-29-22-20-28(3)21-23-29/h26H,4-25H2,1-3H3. The van der Waals surface area contributed by atoms with Gasteiger partial charge in [-0.15, -0.1) is 0 Å². The molecule has 2 rings (SSSR count). The molecule has 2 saturated heterocycles. The summed E-state index contributed by atoms with van der Waals surface area (Å²) in [4.78, 5) is 5.00. The van der Waals surface area contributed by atoms with Gasteiger partial charge in [0.1, 0.15) is 0 Å². The molecule has 1 atom stereocenters. The number of piperazine rings is 1. The second kappa shape index (κ2) is 16.5. The van der Waals surface area contributed by atoms with Crippen molar-refractivity contribution in [1.82, 2.24) is 9.80 Å². The van der Waals surface area contributed by atoms with Gasteiger partial charge in [-0.2, -0.15) is 0 Å². The lowest BCUT2D eigenvalue weighted by molar-refractivity contribution is -0.181. The number of unbranched alkanes of at least 4 members (excludes halogenated alkanes) is 12. The third kappa shape index (κ3) is 11.5. The van der Waals surface area contributed by atoms with Gasteiger partial charge in [-0.25, -0.2) is 0 Å². The van der Waals surface area contributed by atoms with Crippen LogP contribution < -0.4 is 0 Å². The molecule has 0 aromatic heterocycles.